The molecular weight excluding hydrogens is 342 g/mol. The standard InChI is InChI=1S/C10H22BrO5P2/c1-4-14-17(12)8-10(7-11)9-18(13,15-5-2)16-6-3/h10H,4-9H2,1-3H3/q+1. The van der Waals surface area contributed by atoms with Gasteiger partial charge in [-0.3, -0.25) is 4.57 Å². The molecule has 0 aliphatic carbocycles. The Morgan fingerprint density at radius 1 is 1.17 bits per heavy atom. The molecule has 0 aromatic rings. The van der Waals surface area contributed by atoms with Gasteiger partial charge in [0.2, 0.25) is 0 Å². The fourth-order valence-electron chi connectivity index (χ4n) is 1.42. The molecule has 0 radical (unpaired) electrons. The molecule has 2 atom stereocenters. The predicted molar refractivity (Wildman–Crippen MR) is 77.1 cm³/mol. The predicted octanol–water partition coefficient (Wildman–Crippen LogP) is 4.04. The number of alkyl halides is 1. The minimum atomic E-state index is -3.08. The Morgan fingerprint density at radius 3 is 2.11 bits per heavy atom. The topological polar surface area (TPSA) is 61.8 Å². The molecular formula is C10H22BrO5P2+. The van der Waals surface area contributed by atoms with Crippen molar-refractivity contribution in [3.8, 4) is 0 Å². The molecule has 5 nitrogen and oxygen atoms in total. The van der Waals surface area contributed by atoms with Crippen molar-refractivity contribution in [3.63, 3.8) is 0 Å². The first-order chi connectivity index (χ1) is 8.51. The van der Waals surface area contributed by atoms with Crippen LogP contribution in [0.3, 0.4) is 0 Å². The quantitative estimate of drug-likeness (QED) is 0.409. The third-order valence-electron chi connectivity index (χ3n) is 2.03. The third kappa shape index (κ3) is 7.98. The van der Waals surface area contributed by atoms with Crippen LogP contribution in [0.1, 0.15) is 20.8 Å². The first-order valence-electron chi connectivity index (χ1n) is 6.02. The number of halogens is 1. The van der Waals surface area contributed by atoms with Gasteiger partial charge in [-0.2, -0.15) is 0 Å². The molecule has 0 aliphatic heterocycles. The summed E-state index contributed by atoms with van der Waals surface area (Å²) >= 11 is 3.33. The van der Waals surface area contributed by atoms with E-state index in [1.165, 1.54) is 0 Å². The minimum absolute atomic E-state index is 0.0518. The fourth-order valence-corrected chi connectivity index (χ4v) is 5.82. The Kier molecular flexibility index (Phi) is 10.9. The van der Waals surface area contributed by atoms with Crippen LogP contribution in [0.25, 0.3) is 0 Å². The molecule has 0 fully saturated rings. The van der Waals surface area contributed by atoms with Crippen LogP contribution in [-0.2, 0) is 22.7 Å². The Hall–Kier alpha value is 0.690. The van der Waals surface area contributed by atoms with E-state index < -0.39 is 15.6 Å². The average molecular weight is 364 g/mol. The van der Waals surface area contributed by atoms with Gasteiger partial charge in [-0.1, -0.05) is 15.9 Å². The van der Waals surface area contributed by atoms with Gasteiger partial charge in [-0.05, 0) is 25.3 Å². The van der Waals surface area contributed by atoms with Gasteiger partial charge in [0.1, 0.15) is 0 Å². The van der Waals surface area contributed by atoms with E-state index in [4.69, 9.17) is 13.6 Å². The summed E-state index contributed by atoms with van der Waals surface area (Å²) in [7, 11) is -4.79. The number of hydrogen-bond donors (Lipinski definition) is 0. The molecule has 8 heteroatoms. The van der Waals surface area contributed by atoms with E-state index in [1.54, 1.807) is 20.8 Å². The molecule has 0 saturated carbocycles. The van der Waals surface area contributed by atoms with E-state index in [-0.39, 0.29) is 12.1 Å². The van der Waals surface area contributed by atoms with Crippen molar-refractivity contribution in [2.45, 2.75) is 20.8 Å². The highest BCUT2D eigenvalue weighted by atomic mass is 79.9. The Morgan fingerprint density at radius 2 is 1.72 bits per heavy atom. The van der Waals surface area contributed by atoms with Crippen molar-refractivity contribution in [1.82, 2.24) is 0 Å². The highest BCUT2D eigenvalue weighted by molar-refractivity contribution is 9.09. The molecule has 0 N–H and O–H groups in total. The van der Waals surface area contributed by atoms with Gasteiger partial charge in [0.25, 0.3) is 0 Å². The summed E-state index contributed by atoms with van der Waals surface area (Å²) in [4.78, 5) is 0. The molecule has 0 aliphatic rings. The molecule has 18 heavy (non-hydrogen) atoms. The molecule has 2 unspecified atom stereocenters. The summed E-state index contributed by atoms with van der Waals surface area (Å²) in [6, 6.07) is 0. The lowest BCUT2D eigenvalue weighted by atomic mass is 10.3. The van der Waals surface area contributed by atoms with Crippen LogP contribution in [0.2, 0.25) is 0 Å². The molecule has 0 rings (SSSR count). The van der Waals surface area contributed by atoms with Gasteiger partial charge in [0.15, 0.2) is 6.16 Å². The summed E-state index contributed by atoms with van der Waals surface area (Å²) in [6.45, 7) is 6.43. The lowest BCUT2D eigenvalue weighted by Gasteiger charge is -2.19. The van der Waals surface area contributed by atoms with Gasteiger partial charge < -0.3 is 9.05 Å². The summed E-state index contributed by atoms with van der Waals surface area (Å²) in [6.07, 6.45) is 0.618. The zero-order chi connectivity index (χ0) is 14.0. The van der Waals surface area contributed by atoms with Crippen molar-refractivity contribution in [2.75, 3.05) is 37.5 Å². The summed E-state index contributed by atoms with van der Waals surface area (Å²) in [5, 5.41) is 0.589. The second-order valence-corrected chi connectivity index (χ2v) is 7.62. The SMILES string of the molecule is CCO[P+](=O)CC(CBr)CP(=O)(OCC)OCC. The summed E-state index contributed by atoms with van der Waals surface area (Å²) in [5.41, 5.74) is 0. The fraction of sp³-hybridized carbons (Fsp3) is 1.00. The van der Waals surface area contributed by atoms with Gasteiger partial charge in [-0.25, -0.2) is 0 Å². The molecule has 0 saturated heterocycles. The normalized spacial score (nSPS) is 14.6. The Balaban J connectivity index is 4.46. The largest absolute Gasteiger partial charge is 0.508 e. The van der Waals surface area contributed by atoms with Crippen LogP contribution in [0.15, 0.2) is 0 Å². The molecule has 0 aromatic carbocycles. The number of rotatable bonds is 11. The van der Waals surface area contributed by atoms with Crippen molar-refractivity contribution in [3.05, 3.63) is 0 Å². The van der Waals surface area contributed by atoms with Gasteiger partial charge in [-0.15, -0.1) is 4.52 Å². The molecule has 0 heterocycles. The maximum absolute atomic E-state index is 12.3. The van der Waals surface area contributed by atoms with E-state index in [0.29, 0.717) is 31.3 Å². The first kappa shape index (κ1) is 18.7. The van der Waals surface area contributed by atoms with Gasteiger partial charge in [0, 0.05) is 11.2 Å². The first-order valence-corrected chi connectivity index (χ1v) is 10.2. The summed E-state index contributed by atoms with van der Waals surface area (Å²) in [5.74, 6) is -0.0518. The molecule has 0 amide bonds. The third-order valence-corrected chi connectivity index (χ3v) is 6.58. The molecule has 0 bridgehead atoms. The van der Waals surface area contributed by atoms with Crippen molar-refractivity contribution >= 4 is 31.6 Å². The Bertz CT molecular complexity index is 277. The Labute approximate surface area is 118 Å². The minimum Gasteiger partial charge on any atom is -0.309 e. The van der Waals surface area contributed by atoms with Crippen LogP contribution in [-0.4, -0.2) is 37.5 Å². The zero-order valence-corrected chi connectivity index (χ0v) is 14.5. The highest BCUT2D eigenvalue weighted by Crippen LogP contribution is 2.50. The van der Waals surface area contributed by atoms with Crippen LogP contribution in [0.5, 0.6) is 0 Å². The second kappa shape index (κ2) is 10.5. The summed E-state index contributed by atoms with van der Waals surface area (Å²) < 4.78 is 39.3. The lowest BCUT2D eigenvalue weighted by Crippen LogP contribution is -2.14. The zero-order valence-electron chi connectivity index (χ0n) is 11.1. The molecule has 108 valence electrons. The van der Waals surface area contributed by atoms with Crippen LogP contribution < -0.4 is 0 Å². The average Bonchev–Trinajstić information content (AvgIpc) is 2.28. The number of hydrogen-bond acceptors (Lipinski definition) is 5. The monoisotopic (exact) mass is 363 g/mol. The van der Waals surface area contributed by atoms with Crippen molar-refractivity contribution in [2.24, 2.45) is 5.92 Å². The smallest absolute Gasteiger partial charge is 0.309 e. The van der Waals surface area contributed by atoms with E-state index in [0.717, 1.165) is 0 Å². The van der Waals surface area contributed by atoms with Crippen LogP contribution >= 0.6 is 31.6 Å². The molecule has 0 aromatic heterocycles. The van der Waals surface area contributed by atoms with Gasteiger partial charge >= 0.3 is 15.6 Å². The van der Waals surface area contributed by atoms with E-state index in [2.05, 4.69) is 15.9 Å². The highest BCUT2D eigenvalue weighted by Gasteiger charge is 2.33. The second-order valence-electron chi connectivity index (χ2n) is 3.58. The molecule has 0 spiro atoms. The maximum Gasteiger partial charge on any atom is 0.508 e. The van der Waals surface area contributed by atoms with Crippen molar-refractivity contribution in [1.29, 1.82) is 0 Å². The van der Waals surface area contributed by atoms with Crippen LogP contribution in [0.4, 0.5) is 0 Å². The van der Waals surface area contributed by atoms with E-state index >= 15 is 0 Å². The van der Waals surface area contributed by atoms with E-state index in [1.807, 2.05) is 0 Å². The lowest BCUT2D eigenvalue weighted by molar-refractivity contribution is 0.217. The maximum atomic E-state index is 12.3. The van der Waals surface area contributed by atoms with Gasteiger partial charge in [0.05, 0.1) is 26.0 Å². The van der Waals surface area contributed by atoms with E-state index in [9.17, 15) is 9.13 Å². The van der Waals surface area contributed by atoms with Crippen molar-refractivity contribution < 1.29 is 22.7 Å². The van der Waals surface area contributed by atoms with Crippen LogP contribution in [0, 0.1) is 5.92 Å².